The van der Waals surface area contributed by atoms with E-state index in [1.54, 1.807) is 0 Å². The number of halogens is 1. The van der Waals surface area contributed by atoms with Crippen molar-refractivity contribution in [3.05, 3.63) is 33.5 Å². The smallest absolute Gasteiger partial charge is 0.191 e. The van der Waals surface area contributed by atoms with E-state index in [4.69, 9.17) is 0 Å². The molecule has 3 heterocycles. The lowest BCUT2D eigenvalue weighted by Gasteiger charge is -2.17. The molecular formula is C20H33IN6S. The van der Waals surface area contributed by atoms with E-state index in [0.717, 1.165) is 50.6 Å². The molecule has 8 heteroatoms. The van der Waals surface area contributed by atoms with Crippen LogP contribution < -0.4 is 10.6 Å². The van der Waals surface area contributed by atoms with Gasteiger partial charge in [-0.15, -0.1) is 45.5 Å². The van der Waals surface area contributed by atoms with Crippen LogP contribution in [-0.4, -0.2) is 40.4 Å². The molecular weight excluding hydrogens is 483 g/mol. The van der Waals surface area contributed by atoms with Crippen molar-refractivity contribution in [1.29, 1.82) is 0 Å². The highest BCUT2D eigenvalue weighted by Crippen LogP contribution is 2.17. The molecule has 0 fully saturated rings. The topological polar surface area (TPSA) is 67.1 Å². The molecule has 28 heavy (non-hydrogen) atoms. The van der Waals surface area contributed by atoms with Crippen molar-refractivity contribution in [2.75, 3.05) is 13.6 Å². The molecule has 0 aliphatic carbocycles. The molecule has 0 saturated heterocycles. The highest BCUT2D eigenvalue weighted by Gasteiger charge is 2.14. The molecule has 2 N–H and O–H groups in total. The molecule has 1 aliphatic rings. The number of guanidine groups is 1. The average molecular weight is 516 g/mol. The van der Waals surface area contributed by atoms with Crippen LogP contribution in [0.3, 0.4) is 0 Å². The summed E-state index contributed by atoms with van der Waals surface area (Å²) < 4.78 is 2.34. The van der Waals surface area contributed by atoms with Crippen LogP contribution in [0.2, 0.25) is 0 Å². The maximum atomic E-state index is 4.41. The molecule has 2 aromatic heterocycles. The molecule has 3 rings (SSSR count). The highest BCUT2D eigenvalue weighted by molar-refractivity contribution is 14.0. The average Bonchev–Trinajstić information content (AvgIpc) is 3.15. The number of hydrogen-bond acceptors (Lipinski definition) is 4. The second-order valence-electron chi connectivity index (χ2n) is 7.36. The molecule has 0 radical (unpaired) electrons. The van der Waals surface area contributed by atoms with Gasteiger partial charge in [0.2, 0.25) is 0 Å². The molecule has 0 bridgehead atoms. The van der Waals surface area contributed by atoms with Crippen molar-refractivity contribution in [3.63, 3.8) is 0 Å². The molecule has 0 aromatic carbocycles. The van der Waals surface area contributed by atoms with Gasteiger partial charge < -0.3 is 15.2 Å². The third kappa shape index (κ3) is 6.72. The molecule has 0 amide bonds. The molecule has 1 atom stereocenters. The Morgan fingerprint density at radius 2 is 2.14 bits per heavy atom. The summed E-state index contributed by atoms with van der Waals surface area (Å²) in [4.78, 5) is 7.14. The number of thiophene rings is 1. The standard InChI is InChI=1S/C20H32N6S.HI/c1-15(14-17-11-10-16(2)27-17)23-20(21-3)22-12-7-9-19-25-24-18-8-5-4-6-13-26(18)19;/h10-11,15H,4-9,12-14H2,1-3H3,(H2,21,22,23);1H. The molecule has 0 saturated carbocycles. The summed E-state index contributed by atoms with van der Waals surface area (Å²) in [6.45, 7) is 6.31. The SMILES string of the molecule is CN=C(NCCCc1nnc2n1CCCCC2)NC(C)Cc1ccc(C)s1.I. The Morgan fingerprint density at radius 1 is 1.29 bits per heavy atom. The lowest BCUT2D eigenvalue weighted by molar-refractivity contribution is 0.591. The largest absolute Gasteiger partial charge is 0.356 e. The van der Waals surface area contributed by atoms with Crippen LogP contribution in [0.25, 0.3) is 0 Å². The Kier molecular flexibility index (Phi) is 9.70. The summed E-state index contributed by atoms with van der Waals surface area (Å²) in [6, 6.07) is 4.75. The molecule has 1 unspecified atom stereocenters. The Morgan fingerprint density at radius 3 is 2.89 bits per heavy atom. The first kappa shape index (κ1) is 23.1. The summed E-state index contributed by atoms with van der Waals surface area (Å²) in [5, 5.41) is 15.7. The van der Waals surface area contributed by atoms with Crippen LogP contribution in [0, 0.1) is 6.92 Å². The predicted molar refractivity (Wildman–Crippen MR) is 128 cm³/mol. The molecule has 156 valence electrons. The number of aryl methyl sites for hydroxylation is 3. The first-order valence-electron chi connectivity index (χ1n) is 10.1. The zero-order chi connectivity index (χ0) is 19.1. The van der Waals surface area contributed by atoms with Gasteiger partial charge >= 0.3 is 0 Å². The van der Waals surface area contributed by atoms with E-state index in [2.05, 4.69) is 56.4 Å². The fourth-order valence-corrected chi connectivity index (χ4v) is 4.58. The van der Waals surface area contributed by atoms with Gasteiger partial charge in [0.1, 0.15) is 11.6 Å². The number of hydrogen-bond donors (Lipinski definition) is 2. The predicted octanol–water partition coefficient (Wildman–Crippen LogP) is 3.72. The van der Waals surface area contributed by atoms with Crippen LogP contribution >= 0.6 is 35.3 Å². The number of fused-ring (bicyclic) bond motifs is 1. The first-order valence-corrected chi connectivity index (χ1v) is 10.9. The maximum Gasteiger partial charge on any atom is 0.191 e. The second kappa shape index (κ2) is 11.7. The highest BCUT2D eigenvalue weighted by atomic mass is 127. The summed E-state index contributed by atoms with van der Waals surface area (Å²) in [5.74, 6) is 3.18. The Balaban J connectivity index is 0.00000280. The molecule has 6 nitrogen and oxygen atoms in total. The molecule has 0 spiro atoms. The number of rotatable bonds is 7. The Hall–Kier alpha value is -1.16. The van der Waals surface area contributed by atoms with E-state index in [-0.39, 0.29) is 24.0 Å². The van der Waals surface area contributed by atoms with Gasteiger partial charge in [-0.1, -0.05) is 6.42 Å². The van der Waals surface area contributed by atoms with Crippen LogP contribution in [0.15, 0.2) is 17.1 Å². The van der Waals surface area contributed by atoms with Crippen molar-refractivity contribution in [3.8, 4) is 0 Å². The summed E-state index contributed by atoms with van der Waals surface area (Å²) in [6.07, 6.45) is 7.86. The summed E-state index contributed by atoms with van der Waals surface area (Å²) >= 11 is 1.87. The minimum atomic E-state index is 0. The monoisotopic (exact) mass is 516 g/mol. The minimum Gasteiger partial charge on any atom is -0.356 e. The van der Waals surface area contributed by atoms with Crippen LogP contribution in [-0.2, 0) is 25.8 Å². The van der Waals surface area contributed by atoms with E-state index < -0.39 is 0 Å². The van der Waals surface area contributed by atoms with Gasteiger partial charge in [-0.3, -0.25) is 4.99 Å². The first-order chi connectivity index (χ1) is 13.2. The van der Waals surface area contributed by atoms with Crippen molar-refractivity contribution in [2.24, 2.45) is 4.99 Å². The van der Waals surface area contributed by atoms with Gasteiger partial charge in [0.05, 0.1) is 0 Å². The van der Waals surface area contributed by atoms with Gasteiger partial charge in [-0.05, 0) is 45.2 Å². The molecule has 2 aromatic rings. The number of nitrogens with one attached hydrogen (secondary N) is 2. The lowest BCUT2D eigenvalue weighted by Crippen LogP contribution is -2.43. The number of nitrogens with zero attached hydrogens (tertiary/aromatic N) is 4. The van der Waals surface area contributed by atoms with Crippen LogP contribution in [0.1, 0.15) is 54.0 Å². The lowest BCUT2D eigenvalue weighted by atomic mass is 10.2. The van der Waals surface area contributed by atoms with Gasteiger partial charge in [0.15, 0.2) is 5.96 Å². The zero-order valence-corrected chi connectivity index (χ0v) is 20.3. The third-order valence-electron chi connectivity index (χ3n) is 4.97. The van der Waals surface area contributed by atoms with Crippen molar-refractivity contribution in [1.82, 2.24) is 25.4 Å². The number of aromatic nitrogens is 3. The van der Waals surface area contributed by atoms with Gasteiger partial charge in [-0.2, -0.15) is 0 Å². The number of aliphatic imine (C=N–C) groups is 1. The van der Waals surface area contributed by atoms with Crippen molar-refractivity contribution >= 4 is 41.3 Å². The van der Waals surface area contributed by atoms with Crippen molar-refractivity contribution < 1.29 is 0 Å². The van der Waals surface area contributed by atoms with Gasteiger partial charge in [0, 0.05) is 55.2 Å². The fraction of sp³-hybridized carbons (Fsp3) is 0.650. The van der Waals surface area contributed by atoms with E-state index in [1.807, 2.05) is 18.4 Å². The van der Waals surface area contributed by atoms with E-state index >= 15 is 0 Å². The maximum absolute atomic E-state index is 4.41. The van der Waals surface area contributed by atoms with E-state index in [0.29, 0.717) is 6.04 Å². The quantitative estimate of drug-likeness (QED) is 0.255. The van der Waals surface area contributed by atoms with E-state index in [9.17, 15) is 0 Å². The zero-order valence-electron chi connectivity index (χ0n) is 17.2. The Bertz CT molecular complexity index is 754. The second-order valence-corrected chi connectivity index (χ2v) is 8.73. The van der Waals surface area contributed by atoms with Crippen LogP contribution in [0.4, 0.5) is 0 Å². The van der Waals surface area contributed by atoms with E-state index in [1.165, 1.54) is 34.8 Å². The summed E-state index contributed by atoms with van der Waals surface area (Å²) in [7, 11) is 1.83. The molecule has 1 aliphatic heterocycles. The third-order valence-corrected chi connectivity index (χ3v) is 5.99. The van der Waals surface area contributed by atoms with Crippen molar-refractivity contribution in [2.45, 2.75) is 71.4 Å². The minimum absolute atomic E-state index is 0. The van der Waals surface area contributed by atoms with Gasteiger partial charge in [0.25, 0.3) is 0 Å². The Labute approximate surface area is 189 Å². The summed E-state index contributed by atoms with van der Waals surface area (Å²) in [5.41, 5.74) is 0. The fourth-order valence-electron chi connectivity index (χ4n) is 3.56. The van der Waals surface area contributed by atoms with Gasteiger partial charge in [-0.25, -0.2) is 0 Å². The normalized spacial score (nSPS) is 15.3. The van der Waals surface area contributed by atoms with Crippen LogP contribution in [0.5, 0.6) is 0 Å².